The maximum Gasteiger partial charge on any atom is 0.322 e. The molecule has 1 aliphatic heterocycles. The van der Waals surface area contributed by atoms with Crippen LogP contribution in [0, 0.1) is 5.92 Å². The number of rotatable bonds is 4. The van der Waals surface area contributed by atoms with E-state index in [-0.39, 0.29) is 0 Å². The Bertz CT molecular complexity index is 306. The van der Waals surface area contributed by atoms with E-state index < -0.39 is 40.6 Å². The van der Waals surface area contributed by atoms with Gasteiger partial charge in [-0.05, 0) is 13.8 Å². The first-order valence-corrected chi connectivity index (χ1v) is 5.68. The van der Waals surface area contributed by atoms with Crippen molar-refractivity contribution in [1.82, 2.24) is 5.32 Å². The highest BCUT2D eigenvalue weighted by molar-refractivity contribution is 8.01. The molecule has 7 heteroatoms. The van der Waals surface area contributed by atoms with Gasteiger partial charge in [0.1, 0.15) is 12.0 Å². The van der Waals surface area contributed by atoms with Gasteiger partial charge in [0, 0.05) is 4.75 Å². The molecular weight excluding hydrogens is 234 g/mol. The Morgan fingerprint density at radius 1 is 1.44 bits per heavy atom. The summed E-state index contributed by atoms with van der Waals surface area (Å²) in [6, 6.07) is -0.809. The standard InChI is InChI=1S/C9H15NO5S/c1-9(2)5(8(14)15)10-6(16-9)4(3-11)7(12)13/h4-6,10-11H,3H2,1-2H3,(H,12,13)(H,14,15)/t4-,5+,6-/m1/s1. The Labute approximate surface area is 97.0 Å². The normalized spacial score (nSPS) is 29.9. The fourth-order valence-corrected chi connectivity index (χ4v) is 3.19. The zero-order valence-electron chi connectivity index (χ0n) is 9.01. The molecule has 0 unspecified atom stereocenters. The van der Waals surface area contributed by atoms with Crippen LogP contribution in [0.2, 0.25) is 0 Å². The second-order valence-electron chi connectivity index (χ2n) is 4.21. The lowest BCUT2D eigenvalue weighted by atomic mass is 10.0. The highest BCUT2D eigenvalue weighted by Gasteiger charge is 2.48. The third-order valence-electron chi connectivity index (χ3n) is 2.58. The van der Waals surface area contributed by atoms with Gasteiger partial charge in [0.15, 0.2) is 0 Å². The maximum atomic E-state index is 11.0. The maximum absolute atomic E-state index is 11.0. The number of thioether (sulfide) groups is 1. The summed E-state index contributed by atoms with van der Waals surface area (Å²) in [6.07, 6.45) is 0. The van der Waals surface area contributed by atoms with Gasteiger partial charge < -0.3 is 15.3 Å². The van der Waals surface area contributed by atoms with Crippen LogP contribution in [0.3, 0.4) is 0 Å². The van der Waals surface area contributed by atoms with Crippen molar-refractivity contribution >= 4 is 23.7 Å². The summed E-state index contributed by atoms with van der Waals surface area (Å²) in [5, 5.41) is 29.0. The number of carboxylic acid groups (broad SMARTS) is 2. The summed E-state index contributed by atoms with van der Waals surface area (Å²) in [4.78, 5) is 21.8. The Balaban J connectivity index is 2.82. The predicted octanol–water partition coefficient (Wildman–Crippen LogP) is -0.426. The van der Waals surface area contributed by atoms with Gasteiger partial charge in [-0.25, -0.2) is 0 Å². The molecule has 0 aromatic heterocycles. The van der Waals surface area contributed by atoms with E-state index in [4.69, 9.17) is 15.3 Å². The Hall–Kier alpha value is -0.790. The van der Waals surface area contributed by atoms with E-state index in [0.717, 1.165) is 0 Å². The molecule has 1 rings (SSSR count). The summed E-state index contributed by atoms with van der Waals surface area (Å²) < 4.78 is -0.598. The molecule has 92 valence electrons. The molecule has 1 aliphatic rings. The second-order valence-corrected chi connectivity index (χ2v) is 6.00. The number of carboxylic acids is 2. The molecule has 6 nitrogen and oxygen atoms in total. The molecule has 1 fully saturated rings. The molecule has 0 amide bonds. The van der Waals surface area contributed by atoms with Gasteiger partial charge in [-0.15, -0.1) is 11.8 Å². The minimum Gasteiger partial charge on any atom is -0.481 e. The number of nitrogens with one attached hydrogen (secondary N) is 1. The molecule has 1 saturated heterocycles. The number of hydrogen-bond donors (Lipinski definition) is 4. The van der Waals surface area contributed by atoms with Crippen LogP contribution in [0.25, 0.3) is 0 Å². The molecule has 0 aromatic rings. The number of hydrogen-bond acceptors (Lipinski definition) is 5. The van der Waals surface area contributed by atoms with E-state index in [1.54, 1.807) is 13.8 Å². The van der Waals surface area contributed by atoms with Crippen LogP contribution >= 0.6 is 11.8 Å². The lowest BCUT2D eigenvalue weighted by molar-refractivity contribution is -0.144. The van der Waals surface area contributed by atoms with Gasteiger partial charge >= 0.3 is 11.9 Å². The topological polar surface area (TPSA) is 107 Å². The summed E-state index contributed by atoms with van der Waals surface area (Å²) in [5.41, 5.74) is 0. The molecule has 0 aliphatic carbocycles. The number of carbonyl (C=O) groups is 2. The fraction of sp³-hybridized carbons (Fsp3) is 0.778. The fourth-order valence-electron chi connectivity index (χ4n) is 1.66. The van der Waals surface area contributed by atoms with Crippen LogP contribution in [0.4, 0.5) is 0 Å². The zero-order chi connectivity index (χ0) is 12.5. The smallest absolute Gasteiger partial charge is 0.322 e. The molecule has 0 aromatic carbocycles. The van der Waals surface area contributed by atoms with Crippen molar-refractivity contribution in [3.63, 3.8) is 0 Å². The highest BCUT2D eigenvalue weighted by Crippen LogP contribution is 2.40. The monoisotopic (exact) mass is 249 g/mol. The van der Waals surface area contributed by atoms with E-state index >= 15 is 0 Å². The van der Waals surface area contributed by atoms with Crippen molar-refractivity contribution in [2.45, 2.75) is 30.0 Å². The van der Waals surface area contributed by atoms with Crippen molar-refractivity contribution in [2.24, 2.45) is 5.92 Å². The summed E-state index contributed by atoms with van der Waals surface area (Å²) in [5.74, 6) is -3.13. The summed E-state index contributed by atoms with van der Waals surface area (Å²) in [7, 11) is 0. The van der Waals surface area contributed by atoms with Crippen LogP contribution < -0.4 is 5.32 Å². The van der Waals surface area contributed by atoms with Gasteiger partial charge in [0.05, 0.1) is 12.0 Å². The third kappa shape index (κ3) is 2.47. The molecule has 3 atom stereocenters. The molecule has 0 spiro atoms. The Morgan fingerprint density at radius 2 is 2.00 bits per heavy atom. The average Bonchev–Trinajstić information content (AvgIpc) is 2.41. The van der Waals surface area contributed by atoms with E-state index in [1.807, 2.05) is 0 Å². The number of aliphatic hydroxyl groups is 1. The first kappa shape index (κ1) is 13.3. The number of aliphatic hydroxyl groups excluding tert-OH is 1. The van der Waals surface area contributed by atoms with Crippen LogP contribution in [0.1, 0.15) is 13.8 Å². The van der Waals surface area contributed by atoms with Crippen molar-refractivity contribution in [2.75, 3.05) is 6.61 Å². The van der Waals surface area contributed by atoms with Crippen molar-refractivity contribution in [3.05, 3.63) is 0 Å². The van der Waals surface area contributed by atoms with Gasteiger partial charge in [0.25, 0.3) is 0 Å². The van der Waals surface area contributed by atoms with Crippen molar-refractivity contribution in [1.29, 1.82) is 0 Å². The second kappa shape index (κ2) is 4.60. The minimum atomic E-state index is -1.13. The highest BCUT2D eigenvalue weighted by atomic mass is 32.2. The molecule has 16 heavy (non-hydrogen) atoms. The Kier molecular flexibility index (Phi) is 3.82. The third-order valence-corrected chi connectivity index (χ3v) is 4.14. The van der Waals surface area contributed by atoms with E-state index in [1.165, 1.54) is 11.8 Å². The van der Waals surface area contributed by atoms with Gasteiger partial charge in [-0.2, -0.15) is 0 Å². The molecule has 0 saturated carbocycles. The quantitative estimate of drug-likeness (QED) is 0.535. The lowest BCUT2D eigenvalue weighted by Crippen LogP contribution is -2.47. The van der Waals surface area contributed by atoms with E-state index in [9.17, 15) is 9.59 Å². The van der Waals surface area contributed by atoms with Gasteiger partial charge in [-0.3, -0.25) is 14.9 Å². The van der Waals surface area contributed by atoms with Crippen LogP contribution in [0.15, 0.2) is 0 Å². The molecule has 1 heterocycles. The Morgan fingerprint density at radius 3 is 2.31 bits per heavy atom. The molecular formula is C9H15NO5S. The largest absolute Gasteiger partial charge is 0.481 e. The van der Waals surface area contributed by atoms with Crippen LogP contribution in [0.5, 0.6) is 0 Å². The molecule has 0 bridgehead atoms. The van der Waals surface area contributed by atoms with Crippen molar-refractivity contribution < 1.29 is 24.9 Å². The predicted molar refractivity (Wildman–Crippen MR) is 58.2 cm³/mol. The van der Waals surface area contributed by atoms with Crippen LogP contribution in [-0.2, 0) is 9.59 Å². The average molecular weight is 249 g/mol. The summed E-state index contributed by atoms with van der Waals surface area (Å²) in [6.45, 7) is 2.96. The SMILES string of the molecule is CC1(C)S[C@H]([C@@H](CO)C(=O)O)N[C@H]1C(=O)O. The van der Waals surface area contributed by atoms with Crippen molar-refractivity contribution in [3.8, 4) is 0 Å². The van der Waals surface area contributed by atoms with Crippen LogP contribution in [-0.4, -0.2) is 50.0 Å². The minimum absolute atomic E-state index is 0.511. The zero-order valence-corrected chi connectivity index (χ0v) is 9.82. The van der Waals surface area contributed by atoms with Gasteiger partial charge in [0.2, 0.25) is 0 Å². The lowest BCUT2D eigenvalue weighted by Gasteiger charge is -2.21. The molecule has 0 radical (unpaired) electrons. The van der Waals surface area contributed by atoms with Gasteiger partial charge in [-0.1, -0.05) is 0 Å². The number of aliphatic carboxylic acids is 2. The van der Waals surface area contributed by atoms with E-state index in [2.05, 4.69) is 5.32 Å². The van der Waals surface area contributed by atoms with E-state index in [0.29, 0.717) is 0 Å². The molecule has 4 N–H and O–H groups in total. The summed E-state index contributed by atoms with van der Waals surface area (Å²) >= 11 is 1.23. The first-order chi connectivity index (χ1) is 7.29. The first-order valence-electron chi connectivity index (χ1n) is 4.80.